The Hall–Kier alpha value is -1.73. The van der Waals surface area contributed by atoms with Crippen LogP contribution in [-0.2, 0) is 14.3 Å². The number of hydrogen-bond acceptors (Lipinski definition) is 5. The van der Waals surface area contributed by atoms with Gasteiger partial charge in [0.1, 0.15) is 18.6 Å². The minimum atomic E-state index is -0.345. The first-order chi connectivity index (χ1) is 10.3. The Morgan fingerprint density at radius 3 is 2.91 bits per heavy atom. The summed E-state index contributed by atoms with van der Waals surface area (Å²) < 4.78 is 11.0. The molecule has 2 aliphatic rings. The molecule has 0 radical (unpaired) electrons. The quantitative estimate of drug-likeness (QED) is 0.614. The van der Waals surface area contributed by atoms with E-state index in [9.17, 15) is 9.59 Å². The van der Waals surface area contributed by atoms with E-state index in [1.54, 1.807) is 19.3 Å². The predicted molar refractivity (Wildman–Crippen MR) is 80.7 cm³/mol. The van der Waals surface area contributed by atoms with Crippen molar-refractivity contribution in [3.63, 3.8) is 0 Å². The maximum Gasteiger partial charge on any atom is 0.451 e. The molecule has 3 atom stereocenters. The van der Waals surface area contributed by atoms with E-state index in [-0.39, 0.29) is 47.2 Å². The molecule has 0 saturated carbocycles. The number of ether oxygens (including phenoxy) is 2. The topological polar surface area (TPSA) is 91.0 Å². The van der Waals surface area contributed by atoms with Crippen LogP contribution in [0.5, 0.6) is 0 Å². The first kappa shape index (κ1) is 16.6. The molecule has 2 rings (SSSR count). The molecule has 2 aliphatic heterocycles. The van der Waals surface area contributed by atoms with Gasteiger partial charge in [0.2, 0.25) is 6.23 Å². The summed E-state index contributed by atoms with van der Waals surface area (Å²) in [5.41, 5.74) is 5.53. The van der Waals surface area contributed by atoms with Gasteiger partial charge in [-0.05, 0) is 12.3 Å². The van der Waals surface area contributed by atoms with Gasteiger partial charge >= 0.3 is 12.0 Å². The van der Waals surface area contributed by atoms with Crippen LogP contribution in [0.15, 0.2) is 17.3 Å². The first-order valence-corrected chi connectivity index (χ1v) is 7.56. The highest BCUT2D eigenvalue weighted by Crippen LogP contribution is 2.30. The summed E-state index contributed by atoms with van der Waals surface area (Å²) in [7, 11) is 1.74. The van der Waals surface area contributed by atoms with E-state index in [2.05, 4.69) is 4.99 Å². The van der Waals surface area contributed by atoms with Crippen LogP contribution in [0, 0.1) is 5.92 Å². The van der Waals surface area contributed by atoms with E-state index in [1.165, 1.54) is 0 Å². The number of amides is 2. The van der Waals surface area contributed by atoms with Crippen molar-refractivity contribution in [1.29, 1.82) is 0 Å². The lowest BCUT2D eigenvalue weighted by atomic mass is 10.1. The minimum Gasteiger partial charge on any atom is -0.463 e. The van der Waals surface area contributed by atoms with Crippen molar-refractivity contribution >= 4 is 17.8 Å². The van der Waals surface area contributed by atoms with Crippen LogP contribution in [-0.4, -0.2) is 48.3 Å². The van der Waals surface area contributed by atoms with Crippen molar-refractivity contribution in [2.45, 2.75) is 45.4 Å². The van der Waals surface area contributed by atoms with Crippen molar-refractivity contribution in [3.05, 3.63) is 12.3 Å². The van der Waals surface area contributed by atoms with Gasteiger partial charge in [-0.3, -0.25) is 4.79 Å². The average molecular weight is 310 g/mol. The summed E-state index contributed by atoms with van der Waals surface area (Å²) >= 11 is 0. The highest BCUT2D eigenvalue weighted by Gasteiger charge is 2.46. The van der Waals surface area contributed by atoms with Gasteiger partial charge in [-0.2, -0.15) is 4.48 Å². The minimum absolute atomic E-state index is 0.0584. The molecule has 0 bridgehead atoms. The average Bonchev–Trinajstić information content (AvgIpc) is 2.90. The Morgan fingerprint density at radius 1 is 1.55 bits per heavy atom. The number of urea groups is 1. The molecular formula is C15H24N3O4+. The molecule has 0 aromatic rings. The number of aliphatic imine (C=N–C) groups is 1. The van der Waals surface area contributed by atoms with Gasteiger partial charge in [0.15, 0.2) is 0 Å². The Balaban J connectivity index is 1.87. The van der Waals surface area contributed by atoms with Crippen LogP contribution < -0.4 is 5.73 Å². The van der Waals surface area contributed by atoms with Crippen molar-refractivity contribution in [2.75, 3.05) is 13.7 Å². The lowest BCUT2D eigenvalue weighted by molar-refractivity contribution is -0.830. The second-order valence-corrected chi connectivity index (χ2v) is 6.35. The number of carbonyl (C=O) groups excluding carboxylic acids is 2. The number of rotatable bonds is 5. The van der Waals surface area contributed by atoms with E-state index in [0.29, 0.717) is 12.8 Å². The molecule has 7 nitrogen and oxygen atoms in total. The maximum atomic E-state index is 12.1. The Labute approximate surface area is 130 Å². The summed E-state index contributed by atoms with van der Waals surface area (Å²) in [6.45, 7) is 4.16. The Kier molecular flexibility index (Phi) is 4.97. The van der Waals surface area contributed by atoms with Crippen molar-refractivity contribution in [3.8, 4) is 0 Å². The molecule has 0 spiro atoms. The Morgan fingerprint density at radius 2 is 2.27 bits per heavy atom. The third-order valence-corrected chi connectivity index (χ3v) is 3.88. The number of carbonyl (C=O) groups is 2. The van der Waals surface area contributed by atoms with E-state index < -0.39 is 0 Å². The lowest BCUT2D eigenvalue weighted by Crippen LogP contribution is -2.53. The van der Waals surface area contributed by atoms with E-state index in [1.807, 2.05) is 13.8 Å². The summed E-state index contributed by atoms with van der Waals surface area (Å²) in [4.78, 5) is 27.4. The SMILES string of the molecule is CC(C)CC(=O)OCC1CCC([N+]2(C)C=CC(N)=NC2=O)O1. The Bertz CT molecular complexity index is 515. The largest absolute Gasteiger partial charge is 0.463 e. The van der Waals surface area contributed by atoms with Crippen molar-refractivity contribution in [2.24, 2.45) is 16.6 Å². The highest BCUT2D eigenvalue weighted by molar-refractivity contribution is 5.99. The van der Waals surface area contributed by atoms with Crippen LogP contribution in [0.2, 0.25) is 0 Å². The zero-order valence-corrected chi connectivity index (χ0v) is 13.3. The van der Waals surface area contributed by atoms with Gasteiger partial charge < -0.3 is 15.2 Å². The maximum absolute atomic E-state index is 12.1. The summed E-state index contributed by atoms with van der Waals surface area (Å²) in [6.07, 6.45) is 4.65. The summed E-state index contributed by atoms with van der Waals surface area (Å²) in [5, 5.41) is 0. The van der Waals surface area contributed by atoms with E-state index >= 15 is 0 Å². The predicted octanol–water partition coefficient (Wildman–Crippen LogP) is 1.53. The van der Waals surface area contributed by atoms with Gasteiger partial charge in [0.25, 0.3) is 0 Å². The molecule has 0 aromatic carbocycles. The van der Waals surface area contributed by atoms with Crippen LogP contribution in [0.4, 0.5) is 4.79 Å². The third-order valence-electron chi connectivity index (χ3n) is 3.88. The molecule has 2 amide bonds. The molecule has 0 aliphatic carbocycles. The van der Waals surface area contributed by atoms with Gasteiger partial charge in [-0.15, -0.1) is 4.99 Å². The second kappa shape index (κ2) is 6.58. The fourth-order valence-electron chi connectivity index (χ4n) is 2.55. The molecule has 3 unspecified atom stereocenters. The molecule has 22 heavy (non-hydrogen) atoms. The van der Waals surface area contributed by atoms with E-state index in [4.69, 9.17) is 15.2 Å². The molecule has 2 heterocycles. The fraction of sp³-hybridized carbons (Fsp3) is 0.667. The first-order valence-electron chi connectivity index (χ1n) is 7.56. The van der Waals surface area contributed by atoms with Crippen molar-refractivity contribution in [1.82, 2.24) is 0 Å². The lowest BCUT2D eigenvalue weighted by Gasteiger charge is -2.32. The fourth-order valence-corrected chi connectivity index (χ4v) is 2.55. The van der Waals surface area contributed by atoms with Gasteiger partial charge in [0.05, 0.1) is 13.2 Å². The molecule has 2 N–H and O–H groups in total. The molecular weight excluding hydrogens is 286 g/mol. The van der Waals surface area contributed by atoms with Gasteiger partial charge in [-0.1, -0.05) is 13.8 Å². The summed E-state index contributed by atoms with van der Waals surface area (Å²) in [5.74, 6) is 0.264. The van der Waals surface area contributed by atoms with Crippen LogP contribution >= 0.6 is 0 Å². The number of nitrogens with zero attached hydrogens (tertiary/aromatic N) is 2. The van der Waals surface area contributed by atoms with Gasteiger partial charge in [-0.25, -0.2) is 4.79 Å². The van der Waals surface area contributed by atoms with E-state index in [0.717, 1.165) is 6.42 Å². The molecule has 7 heteroatoms. The monoisotopic (exact) mass is 310 g/mol. The van der Waals surface area contributed by atoms with Crippen molar-refractivity contribution < 1.29 is 23.5 Å². The van der Waals surface area contributed by atoms with Crippen LogP contribution in [0.3, 0.4) is 0 Å². The zero-order valence-electron chi connectivity index (χ0n) is 13.3. The highest BCUT2D eigenvalue weighted by atomic mass is 16.6. The molecule has 1 saturated heterocycles. The van der Waals surface area contributed by atoms with Crippen LogP contribution in [0.1, 0.15) is 33.1 Å². The zero-order chi connectivity index (χ0) is 16.3. The standard InChI is InChI=1S/C15H23N3O4/c1-10(2)8-14(19)21-9-11-4-5-13(22-11)18(3)7-6-12(16)17-15(18)20/h6-7,10-11,13H,4-5,8-9H2,1-3H3,(H-,16,17,20)/p+1. The second-order valence-electron chi connectivity index (χ2n) is 6.35. The molecule has 122 valence electrons. The number of quaternary nitrogens is 1. The third kappa shape index (κ3) is 3.72. The number of nitrogens with two attached hydrogens (primary N) is 1. The molecule has 0 aromatic heterocycles. The number of esters is 1. The normalized spacial score (nSPS) is 31.5. The molecule has 1 fully saturated rings. The smallest absolute Gasteiger partial charge is 0.451 e. The number of amidine groups is 1. The van der Waals surface area contributed by atoms with Crippen LogP contribution in [0.25, 0.3) is 0 Å². The number of hydrogen-bond donors (Lipinski definition) is 1. The van der Waals surface area contributed by atoms with Gasteiger partial charge in [0, 0.05) is 18.9 Å². The summed E-state index contributed by atoms with van der Waals surface area (Å²) in [6, 6.07) is -0.345.